The van der Waals surface area contributed by atoms with Crippen LogP contribution in [0.4, 0.5) is 28.2 Å². The summed E-state index contributed by atoms with van der Waals surface area (Å²) in [6, 6.07) is -0.0490. The van der Waals surface area contributed by atoms with E-state index in [2.05, 4.69) is 10.3 Å². The Balaban J connectivity index is 1.71. The number of carbonyl (C=O) groups is 1. The van der Waals surface area contributed by atoms with Gasteiger partial charge in [-0.3, -0.25) is 0 Å². The Hall–Kier alpha value is -2.06. The quantitative estimate of drug-likeness (QED) is 0.793. The Kier molecular flexibility index (Phi) is 4.52. The van der Waals surface area contributed by atoms with Crippen LogP contribution in [0.1, 0.15) is 39.2 Å². The highest BCUT2D eigenvalue weighted by Crippen LogP contribution is 2.40. The van der Waals surface area contributed by atoms with Crippen LogP contribution < -0.4 is 5.32 Å². The molecule has 1 amide bonds. The molecule has 9 heteroatoms. The van der Waals surface area contributed by atoms with Crippen LogP contribution in [0.3, 0.4) is 0 Å². The van der Waals surface area contributed by atoms with E-state index in [9.17, 15) is 22.4 Å². The van der Waals surface area contributed by atoms with Crippen molar-refractivity contribution >= 4 is 11.9 Å². The molecule has 1 N–H and O–H groups in total. The standard InChI is InChI=1S/C17H21F4N3O2/c1-16(2,3)26-15(25)24-8-9-4-12(13(24)5-9)23-14-11(18)6-10(7-22-14)17(19,20)21/h6-7,9,12-13H,4-5,8H2,1-3H3,(H,22,23). The fourth-order valence-electron chi connectivity index (χ4n) is 3.59. The number of halogens is 4. The summed E-state index contributed by atoms with van der Waals surface area (Å²) >= 11 is 0. The molecule has 2 fully saturated rings. The summed E-state index contributed by atoms with van der Waals surface area (Å²) in [5.74, 6) is -1.05. The SMILES string of the molecule is CC(C)(C)OC(=O)N1CC2CC(Nc3ncc(C(F)(F)F)cc3F)C1C2. The van der Waals surface area contributed by atoms with E-state index in [-0.39, 0.29) is 23.8 Å². The molecule has 3 rings (SSSR count). The average Bonchev–Trinajstić information content (AvgIpc) is 3.06. The minimum atomic E-state index is -4.65. The van der Waals surface area contributed by atoms with Gasteiger partial charge in [-0.1, -0.05) is 0 Å². The number of amides is 1. The maximum atomic E-state index is 14.0. The number of likely N-dealkylation sites (tertiary alicyclic amines) is 1. The molecule has 3 unspecified atom stereocenters. The molecule has 144 valence electrons. The van der Waals surface area contributed by atoms with Crippen molar-refractivity contribution in [3.05, 3.63) is 23.6 Å². The molecular formula is C17H21F4N3O2. The lowest BCUT2D eigenvalue weighted by Crippen LogP contribution is -2.49. The lowest BCUT2D eigenvalue weighted by atomic mass is 10.1. The normalized spacial score (nSPS) is 25.5. The molecule has 1 saturated heterocycles. The number of aromatic nitrogens is 1. The van der Waals surface area contributed by atoms with Crippen molar-refractivity contribution in [2.75, 3.05) is 11.9 Å². The van der Waals surface area contributed by atoms with E-state index in [1.165, 1.54) is 0 Å². The smallest absolute Gasteiger partial charge is 0.417 e. The Bertz CT molecular complexity index is 702. The van der Waals surface area contributed by atoms with Crippen LogP contribution in [0.5, 0.6) is 0 Å². The molecule has 1 aliphatic heterocycles. The van der Waals surface area contributed by atoms with Crippen LogP contribution in [0, 0.1) is 11.7 Å². The summed E-state index contributed by atoms with van der Waals surface area (Å²) in [5.41, 5.74) is -1.76. The average molecular weight is 375 g/mol. The molecule has 0 radical (unpaired) electrons. The van der Waals surface area contributed by atoms with Gasteiger partial charge in [0.1, 0.15) is 5.60 Å². The summed E-state index contributed by atoms with van der Waals surface area (Å²) < 4.78 is 57.3. The van der Waals surface area contributed by atoms with Gasteiger partial charge in [-0.2, -0.15) is 13.2 Å². The summed E-state index contributed by atoms with van der Waals surface area (Å²) in [6.07, 6.45) is -3.03. The van der Waals surface area contributed by atoms with Gasteiger partial charge >= 0.3 is 12.3 Å². The number of ether oxygens (including phenoxy) is 1. The van der Waals surface area contributed by atoms with E-state index in [4.69, 9.17) is 4.74 Å². The number of rotatable bonds is 2. The number of fused-ring (bicyclic) bond motifs is 2. The van der Waals surface area contributed by atoms with Crippen LogP contribution in [-0.4, -0.2) is 40.2 Å². The molecule has 2 aliphatic rings. The van der Waals surface area contributed by atoms with Gasteiger partial charge in [-0.15, -0.1) is 0 Å². The number of anilines is 1. The highest BCUT2D eigenvalue weighted by atomic mass is 19.4. The zero-order valence-electron chi connectivity index (χ0n) is 14.7. The third-order valence-corrected chi connectivity index (χ3v) is 4.60. The number of piperidine rings is 1. The van der Waals surface area contributed by atoms with Crippen LogP contribution >= 0.6 is 0 Å². The summed E-state index contributed by atoms with van der Waals surface area (Å²) in [4.78, 5) is 17.5. The molecule has 5 nitrogen and oxygen atoms in total. The molecular weight excluding hydrogens is 354 g/mol. The van der Waals surface area contributed by atoms with Crippen molar-refractivity contribution < 1.29 is 27.1 Å². The van der Waals surface area contributed by atoms with Crippen molar-refractivity contribution in [1.29, 1.82) is 0 Å². The van der Waals surface area contributed by atoms with Crippen molar-refractivity contribution in [3.63, 3.8) is 0 Å². The van der Waals surface area contributed by atoms with E-state index in [0.29, 0.717) is 25.2 Å². The lowest BCUT2D eigenvalue weighted by molar-refractivity contribution is -0.138. The first-order valence-electron chi connectivity index (χ1n) is 8.43. The summed E-state index contributed by atoms with van der Waals surface area (Å²) in [5, 5.41) is 2.86. The second-order valence-corrected chi connectivity index (χ2v) is 7.84. The molecule has 1 saturated carbocycles. The molecule has 3 atom stereocenters. The number of hydrogen-bond donors (Lipinski definition) is 1. The van der Waals surface area contributed by atoms with Gasteiger partial charge in [-0.25, -0.2) is 14.2 Å². The van der Waals surface area contributed by atoms with Gasteiger partial charge in [0.05, 0.1) is 11.6 Å². The van der Waals surface area contributed by atoms with E-state index in [1.807, 2.05) is 0 Å². The van der Waals surface area contributed by atoms with Gasteiger partial charge in [0.15, 0.2) is 11.6 Å². The third kappa shape index (κ3) is 3.86. The van der Waals surface area contributed by atoms with E-state index < -0.39 is 29.3 Å². The summed E-state index contributed by atoms with van der Waals surface area (Å²) in [6.45, 7) is 5.89. The highest BCUT2D eigenvalue weighted by Gasteiger charge is 2.48. The second kappa shape index (κ2) is 6.28. The Labute approximate surface area is 148 Å². The predicted molar refractivity (Wildman–Crippen MR) is 86.1 cm³/mol. The zero-order chi connectivity index (χ0) is 19.3. The van der Waals surface area contributed by atoms with Crippen LogP contribution in [0.2, 0.25) is 0 Å². The lowest BCUT2D eigenvalue weighted by Gasteiger charge is -2.35. The first kappa shape index (κ1) is 18.7. The van der Waals surface area contributed by atoms with E-state index in [0.717, 1.165) is 6.42 Å². The molecule has 2 bridgehead atoms. The number of nitrogens with zero attached hydrogens (tertiary/aromatic N) is 2. The minimum absolute atomic E-state index is 0.196. The van der Waals surface area contributed by atoms with Gasteiger partial charge < -0.3 is 15.0 Å². The number of hydrogen-bond acceptors (Lipinski definition) is 4. The Morgan fingerprint density at radius 3 is 2.54 bits per heavy atom. The van der Waals surface area contributed by atoms with Crippen molar-refractivity contribution in [3.8, 4) is 0 Å². The number of carbonyl (C=O) groups excluding carboxylic acids is 1. The monoisotopic (exact) mass is 375 g/mol. The van der Waals surface area contributed by atoms with Crippen LogP contribution in [0.15, 0.2) is 12.3 Å². The zero-order valence-corrected chi connectivity index (χ0v) is 14.7. The third-order valence-electron chi connectivity index (χ3n) is 4.60. The van der Waals surface area contributed by atoms with Gasteiger partial charge in [0, 0.05) is 18.8 Å². The van der Waals surface area contributed by atoms with Crippen molar-refractivity contribution in [1.82, 2.24) is 9.88 Å². The van der Waals surface area contributed by atoms with Crippen molar-refractivity contribution in [2.24, 2.45) is 5.92 Å². The summed E-state index contributed by atoms with van der Waals surface area (Å²) in [7, 11) is 0. The van der Waals surface area contributed by atoms with Crippen molar-refractivity contribution in [2.45, 2.75) is 57.5 Å². The minimum Gasteiger partial charge on any atom is -0.444 e. The Morgan fingerprint density at radius 1 is 1.31 bits per heavy atom. The van der Waals surface area contributed by atoms with Crippen LogP contribution in [-0.2, 0) is 10.9 Å². The first-order valence-corrected chi connectivity index (χ1v) is 8.43. The maximum absolute atomic E-state index is 14.0. The van der Waals surface area contributed by atoms with Gasteiger partial charge in [0.2, 0.25) is 0 Å². The molecule has 1 aromatic rings. The van der Waals surface area contributed by atoms with E-state index >= 15 is 0 Å². The van der Waals surface area contributed by atoms with Crippen LogP contribution in [0.25, 0.3) is 0 Å². The molecule has 2 heterocycles. The predicted octanol–water partition coefficient (Wildman–Crippen LogP) is 4.05. The number of pyridine rings is 1. The topological polar surface area (TPSA) is 54.5 Å². The fourth-order valence-corrected chi connectivity index (χ4v) is 3.59. The van der Waals surface area contributed by atoms with Gasteiger partial charge in [-0.05, 0) is 45.6 Å². The van der Waals surface area contributed by atoms with E-state index in [1.54, 1.807) is 25.7 Å². The second-order valence-electron chi connectivity index (χ2n) is 7.84. The Morgan fingerprint density at radius 2 is 2.00 bits per heavy atom. The molecule has 0 aromatic carbocycles. The largest absolute Gasteiger partial charge is 0.444 e. The number of alkyl halides is 3. The number of nitrogens with one attached hydrogen (secondary N) is 1. The maximum Gasteiger partial charge on any atom is 0.417 e. The molecule has 1 aliphatic carbocycles. The highest BCUT2D eigenvalue weighted by molar-refractivity contribution is 5.69. The first-order chi connectivity index (χ1) is 11.9. The fraction of sp³-hybridized carbons (Fsp3) is 0.647. The van der Waals surface area contributed by atoms with Gasteiger partial charge in [0.25, 0.3) is 0 Å². The molecule has 1 aromatic heterocycles. The molecule has 26 heavy (non-hydrogen) atoms. The molecule has 0 spiro atoms.